The summed E-state index contributed by atoms with van der Waals surface area (Å²) in [6.45, 7) is 3.41. The highest BCUT2D eigenvalue weighted by molar-refractivity contribution is 7.89. The van der Waals surface area contributed by atoms with Crippen LogP contribution in [0.1, 0.15) is 51.1 Å². The zero-order valence-corrected chi connectivity index (χ0v) is 19.4. The first-order chi connectivity index (χ1) is 16.0. The standard InChI is InChI=1S/C23H23F3N4O3S/c1-14(2)29-34(31,32)17-8-10-20(28-13-17)22-19(12-27)18-9-7-16(33-23(24,25)26)11-21(18)30(22)15-5-3-4-6-15/h7-11,13-15,29H,3-6H2,1-2H3. The molecule has 0 saturated heterocycles. The number of pyridine rings is 1. The summed E-state index contributed by atoms with van der Waals surface area (Å²) in [6, 6.07) is 8.66. The molecular weight excluding hydrogens is 469 g/mol. The summed E-state index contributed by atoms with van der Waals surface area (Å²) in [6.07, 6.45) is -0.109. The summed E-state index contributed by atoms with van der Waals surface area (Å²) in [5.74, 6) is -0.373. The van der Waals surface area contributed by atoms with Gasteiger partial charge in [-0.2, -0.15) is 5.26 Å². The number of alkyl halides is 3. The number of rotatable bonds is 6. The molecule has 1 aromatic carbocycles. The maximum atomic E-state index is 12.8. The molecule has 7 nitrogen and oxygen atoms in total. The van der Waals surface area contributed by atoms with Gasteiger partial charge in [-0.05, 0) is 51.0 Å². The Bertz CT molecular complexity index is 1350. The monoisotopic (exact) mass is 492 g/mol. The van der Waals surface area contributed by atoms with E-state index in [1.807, 2.05) is 4.57 Å². The number of nitrogens with zero attached hydrogens (tertiary/aromatic N) is 3. The molecule has 2 heterocycles. The van der Waals surface area contributed by atoms with Crippen LogP contribution in [0.2, 0.25) is 0 Å². The van der Waals surface area contributed by atoms with E-state index in [9.17, 15) is 26.9 Å². The first-order valence-corrected chi connectivity index (χ1v) is 12.3. The van der Waals surface area contributed by atoms with Crippen LogP contribution in [-0.2, 0) is 10.0 Å². The fourth-order valence-corrected chi connectivity index (χ4v) is 5.65. The van der Waals surface area contributed by atoms with Crippen molar-refractivity contribution in [1.29, 1.82) is 5.26 Å². The van der Waals surface area contributed by atoms with Gasteiger partial charge in [0.2, 0.25) is 10.0 Å². The summed E-state index contributed by atoms with van der Waals surface area (Å²) in [7, 11) is -3.75. The van der Waals surface area contributed by atoms with Crippen molar-refractivity contribution in [1.82, 2.24) is 14.3 Å². The minimum Gasteiger partial charge on any atom is -0.406 e. The van der Waals surface area contributed by atoms with Crippen LogP contribution in [0.3, 0.4) is 0 Å². The largest absolute Gasteiger partial charge is 0.573 e. The number of nitrogens with one attached hydrogen (secondary N) is 1. The third kappa shape index (κ3) is 4.74. The highest BCUT2D eigenvalue weighted by atomic mass is 32.2. The second kappa shape index (κ2) is 8.92. The molecule has 0 aliphatic heterocycles. The normalized spacial score (nSPS) is 15.2. The molecule has 0 atom stereocenters. The van der Waals surface area contributed by atoms with E-state index in [1.54, 1.807) is 13.8 Å². The number of sulfonamides is 1. The van der Waals surface area contributed by atoms with Crippen molar-refractivity contribution in [3.05, 3.63) is 42.1 Å². The van der Waals surface area contributed by atoms with E-state index in [4.69, 9.17) is 0 Å². The van der Waals surface area contributed by atoms with E-state index in [2.05, 4.69) is 20.5 Å². The van der Waals surface area contributed by atoms with Crippen molar-refractivity contribution in [3.63, 3.8) is 0 Å². The number of hydrogen-bond donors (Lipinski definition) is 1. The average Bonchev–Trinajstić information content (AvgIpc) is 3.37. The Kier molecular flexibility index (Phi) is 6.31. The molecule has 0 radical (unpaired) electrons. The van der Waals surface area contributed by atoms with E-state index < -0.39 is 16.4 Å². The number of nitriles is 1. The Morgan fingerprint density at radius 2 is 1.91 bits per heavy atom. The molecule has 11 heteroatoms. The molecule has 180 valence electrons. The molecule has 0 amide bonds. The fourth-order valence-electron chi connectivity index (χ4n) is 4.45. The molecule has 1 fully saturated rings. The van der Waals surface area contributed by atoms with Crippen LogP contribution in [-0.4, -0.2) is 30.4 Å². The lowest BCUT2D eigenvalue weighted by Gasteiger charge is -2.18. The molecule has 1 aliphatic carbocycles. The summed E-state index contributed by atoms with van der Waals surface area (Å²) in [5.41, 5.74) is 1.53. The van der Waals surface area contributed by atoms with Crippen molar-refractivity contribution >= 4 is 20.9 Å². The van der Waals surface area contributed by atoms with Crippen molar-refractivity contribution in [2.24, 2.45) is 0 Å². The molecule has 1 saturated carbocycles. The van der Waals surface area contributed by atoms with Gasteiger partial charge in [-0.25, -0.2) is 13.1 Å². The predicted molar refractivity (Wildman–Crippen MR) is 120 cm³/mol. The van der Waals surface area contributed by atoms with E-state index >= 15 is 0 Å². The molecule has 4 rings (SSSR count). The van der Waals surface area contributed by atoms with E-state index in [0.717, 1.165) is 25.7 Å². The quantitative estimate of drug-likeness (QED) is 0.505. The predicted octanol–water partition coefficient (Wildman–Crippen LogP) is 5.28. The number of halogens is 3. The average molecular weight is 493 g/mol. The lowest BCUT2D eigenvalue weighted by atomic mass is 10.1. The van der Waals surface area contributed by atoms with Crippen LogP contribution >= 0.6 is 0 Å². The molecule has 34 heavy (non-hydrogen) atoms. The van der Waals surface area contributed by atoms with Crippen LogP contribution in [0, 0.1) is 11.3 Å². The minimum absolute atomic E-state index is 0.0205. The molecule has 2 aromatic heterocycles. The molecular formula is C23H23F3N4O3S. The number of hydrogen-bond acceptors (Lipinski definition) is 5. The van der Waals surface area contributed by atoms with Crippen LogP contribution < -0.4 is 9.46 Å². The van der Waals surface area contributed by atoms with Gasteiger partial charge < -0.3 is 9.30 Å². The Balaban J connectivity index is 1.89. The zero-order valence-electron chi connectivity index (χ0n) is 18.6. The van der Waals surface area contributed by atoms with Crippen molar-refractivity contribution < 1.29 is 26.3 Å². The molecule has 3 aromatic rings. The molecule has 1 aliphatic rings. The first kappa shape index (κ1) is 24.0. The summed E-state index contributed by atoms with van der Waals surface area (Å²) < 4.78 is 71.9. The Morgan fingerprint density at radius 1 is 1.21 bits per heavy atom. The smallest absolute Gasteiger partial charge is 0.406 e. The van der Waals surface area contributed by atoms with Crippen LogP contribution in [0.4, 0.5) is 13.2 Å². The van der Waals surface area contributed by atoms with Gasteiger partial charge in [0.25, 0.3) is 0 Å². The number of benzene rings is 1. The lowest BCUT2D eigenvalue weighted by Crippen LogP contribution is -2.30. The van der Waals surface area contributed by atoms with Gasteiger partial charge in [0.1, 0.15) is 16.7 Å². The van der Waals surface area contributed by atoms with Gasteiger partial charge >= 0.3 is 6.36 Å². The van der Waals surface area contributed by atoms with Gasteiger partial charge in [0, 0.05) is 29.7 Å². The Hall–Kier alpha value is -3.10. The highest BCUT2D eigenvalue weighted by Gasteiger charge is 2.32. The number of ether oxygens (including phenoxy) is 1. The van der Waals surface area contributed by atoms with Crippen LogP contribution in [0.25, 0.3) is 22.3 Å². The Morgan fingerprint density at radius 3 is 2.47 bits per heavy atom. The minimum atomic E-state index is -4.84. The van der Waals surface area contributed by atoms with Crippen molar-refractivity contribution in [2.45, 2.75) is 62.9 Å². The molecule has 0 spiro atoms. The summed E-state index contributed by atoms with van der Waals surface area (Å²) in [4.78, 5) is 4.32. The number of aromatic nitrogens is 2. The van der Waals surface area contributed by atoms with Gasteiger partial charge in [-0.3, -0.25) is 4.98 Å². The van der Waals surface area contributed by atoms with Gasteiger partial charge in [-0.1, -0.05) is 12.8 Å². The summed E-state index contributed by atoms with van der Waals surface area (Å²) >= 11 is 0. The zero-order chi connectivity index (χ0) is 24.7. The third-order valence-electron chi connectivity index (χ3n) is 5.69. The van der Waals surface area contributed by atoms with E-state index in [-0.39, 0.29) is 28.3 Å². The Labute approximate surface area is 195 Å². The molecule has 1 N–H and O–H groups in total. The van der Waals surface area contributed by atoms with Crippen LogP contribution in [0.15, 0.2) is 41.4 Å². The fraction of sp³-hybridized carbons (Fsp3) is 0.391. The van der Waals surface area contributed by atoms with Gasteiger partial charge in [0.15, 0.2) is 0 Å². The van der Waals surface area contributed by atoms with E-state index in [0.29, 0.717) is 22.3 Å². The topological polar surface area (TPSA) is 97.0 Å². The van der Waals surface area contributed by atoms with Crippen molar-refractivity contribution in [2.75, 3.05) is 0 Å². The molecule has 0 unspecified atom stereocenters. The van der Waals surface area contributed by atoms with Gasteiger partial charge in [-0.15, -0.1) is 13.2 Å². The first-order valence-electron chi connectivity index (χ1n) is 10.8. The SMILES string of the molecule is CC(C)NS(=O)(=O)c1ccc(-c2c(C#N)c3ccc(OC(F)(F)F)cc3n2C2CCCC2)nc1. The highest BCUT2D eigenvalue weighted by Crippen LogP contribution is 2.42. The second-order valence-corrected chi connectivity index (χ2v) is 10.2. The summed E-state index contributed by atoms with van der Waals surface area (Å²) in [5, 5.41) is 10.4. The lowest BCUT2D eigenvalue weighted by molar-refractivity contribution is -0.274. The van der Waals surface area contributed by atoms with Crippen LogP contribution in [0.5, 0.6) is 5.75 Å². The molecule has 0 bridgehead atoms. The number of fused-ring (bicyclic) bond motifs is 1. The third-order valence-corrected chi connectivity index (χ3v) is 7.33. The second-order valence-electron chi connectivity index (χ2n) is 8.53. The maximum absolute atomic E-state index is 12.8. The van der Waals surface area contributed by atoms with Gasteiger partial charge in [0.05, 0.1) is 22.5 Å². The van der Waals surface area contributed by atoms with Crippen molar-refractivity contribution in [3.8, 4) is 23.2 Å². The maximum Gasteiger partial charge on any atom is 0.573 e. The van der Waals surface area contributed by atoms with E-state index in [1.165, 1.54) is 36.5 Å².